The summed E-state index contributed by atoms with van der Waals surface area (Å²) in [6.07, 6.45) is -0.653. The van der Waals surface area contributed by atoms with Crippen LogP contribution in [0.25, 0.3) is 0 Å². The number of benzene rings is 1. The Balaban J connectivity index is 2.14. The lowest BCUT2D eigenvalue weighted by Crippen LogP contribution is -2.63. The van der Waals surface area contributed by atoms with Crippen molar-refractivity contribution in [3.05, 3.63) is 35.4 Å². The van der Waals surface area contributed by atoms with Crippen molar-refractivity contribution in [1.29, 1.82) is 0 Å². The van der Waals surface area contributed by atoms with Crippen LogP contribution >= 0.6 is 0 Å². The molecule has 4 N–H and O–H groups in total. The van der Waals surface area contributed by atoms with Gasteiger partial charge in [-0.3, -0.25) is 19.7 Å². The second-order valence-electron chi connectivity index (χ2n) is 9.46. The molecule has 0 unspecified atom stereocenters. The Labute approximate surface area is 192 Å². The van der Waals surface area contributed by atoms with Gasteiger partial charge in [0.1, 0.15) is 17.2 Å². The minimum atomic E-state index is -1.19. The average molecular weight is 470 g/mol. The molecule has 0 spiro atoms. The molecule has 1 fully saturated rings. The van der Waals surface area contributed by atoms with Crippen LogP contribution in [-0.2, 0) is 25.5 Å². The quantitative estimate of drug-likeness (QED) is 0.455. The van der Waals surface area contributed by atoms with Crippen molar-refractivity contribution in [3.8, 4) is 0 Å². The molecule has 33 heavy (non-hydrogen) atoms. The summed E-state index contributed by atoms with van der Waals surface area (Å²) in [7, 11) is 0. The molecule has 184 valence electrons. The number of amides is 3. The van der Waals surface area contributed by atoms with Gasteiger partial charge in [-0.25, -0.2) is 8.78 Å². The van der Waals surface area contributed by atoms with Gasteiger partial charge in [0.05, 0.1) is 12.1 Å². The van der Waals surface area contributed by atoms with E-state index in [1.165, 1.54) is 6.92 Å². The molecule has 8 nitrogen and oxygen atoms in total. The number of β-amino-alcohol motifs (C(OH)–C–C–N with tert-alkyl or cyclic N) is 1. The van der Waals surface area contributed by atoms with E-state index < -0.39 is 52.5 Å². The number of hydrogen-bond acceptors (Lipinski definition) is 6. The van der Waals surface area contributed by atoms with Crippen LogP contribution in [0, 0.1) is 17.0 Å². The van der Waals surface area contributed by atoms with Gasteiger partial charge in [0.2, 0.25) is 17.7 Å². The van der Waals surface area contributed by atoms with Crippen LogP contribution in [0.5, 0.6) is 0 Å². The third kappa shape index (κ3) is 7.83. The first-order valence-electron chi connectivity index (χ1n) is 10.9. The van der Waals surface area contributed by atoms with Crippen LogP contribution in [0.15, 0.2) is 18.2 Å². The molecule has 1 aromatic carbocycles. The zero-order chi connectivity index (χ0) is 24.8. The fraction of sp³-hybridized carbons (Fsp3) is 0.609. The highest BCUT2D eigenvalue weighted by Crippen LogP contribution is 2.23. The second-order valence-corrected chi connectivity index (χ2v) is 9.46. The summed E-state index contributed by atoms with van der Waals surface area (Å²) in [6.45, 7) is 6.81. The minimum absolute atomic E-state index is 0.0259. The Hall–Kier alpha value is -2.43. The highest BCUT2D eigenvalue weighted by atomic mass is 19.1. The molecule has 0 bridgehead atoms. The highest BCUT2D eigenvalue weighted by Gasteiger charge is 2.42. The van der Waals surface area contributed by atoms with E-state index in [0.717, 1.165) is 18.2 Å². The summed E-state index contributed by atoms with van der Waals surface area (Å²) >= 11 is 0. The van der Waals surface area contributed by atoms with E-state index in [-0.39, 0.29) is 44.6 Å². The third-order valence-corrected chi connectivity index (χ3v) is 5.57. The molecule has 0 aromatic heterocycles. The largest absolute Gasteiger partial charge is 0.390 e. The first kappa shape index (κ1) is 26.8. The summed E-state index contributed by atoms with van der Waals surface area (Å²) in [5.41, 5.74) is -1.65. The number of carbonyl (C=O) groups excluding carboxylic acids is 3. The van der Waals surface area contributed by atoms with E-state index >= 15 is 0 Å². The number of carbonyl (C=O) groups is 3. The van der Waals surface area contributed by atoms with Gasteiger partial charge in [0.15, 0.2) is 0 Å². The van der Waals surface area contributed by atoms with Gasteiger partial charge in [-0.05, 0) is 37.0 Å². The van der Waals surface area contributed by atoms with Gasteiger partial charge >= 0.3 is 0 Å². The molecule has 0 radical (unpaired) electrons. The van der Waals surface area contributed by atoms with Crippen molar-refractivity contribution in [1.82, 2.24) is 16.0 Å². The molecule has 1 aromatic rings. The van der Waals surface area contributed by atoms with E-state index in [4.69, 9.17) is 4.74 Å². The molecular weight excluding hydrogens is 436 g/mol. The van der Waals surface area contributed by atoms with Crippen LogP contribution in [0.4, 0.5) is 8.78 Å². The zero-order valence-electron chi connectivity index (χ0n) is 19.5. The maximum absolute atomic E-state index is 13.6. The number of halogens is 2. The SMILES string of the molecule is CC(=O)N[C@@H](Cc1cc(F)cc(F)c1)[C@H](O)CNC1(C(=O)NC(=O)C(C)(C)C)CCOCC1. The smallest absolute Gasteiger partial charge is 0.247 e. The molecule has 2 rings (SSSR count). The maximum atomic E-state index is 13.6. The van der Waals surface area contributed by atoms with Crippen molar-refractivity contribution in [2.45, 2.75) is 64.6 Å². The molecule has 10 heteroatoms. The number of aliphatic hydroxyl groups excluding tert-OH is 1. The maximum Gasteiger partial charge on any atom is 0.247 e. The van der Waals surface area contributed by atoms with Gasteiger partial charge in [-0.2, -0.15) is 0 Å². The molecular formula is C23H33F2N3O5. The summed E-state index contributed by atoms with van der Waals surface area (Å²) in [5.74, 6) is -2.89. The molecule has 1 heterocycles. The number of nitrogens with one attached hydrogen (secondary N) is 3. The predicted octanol–water partition coefficient (Wildman–Crippen LogP) is 1.20. The van der Waals surface area contributed by atoms with Gasteiger partial charge < -0.3 is 20.5 Å². The molecule has 0 saturated carbocycles. The molecule has 1 aliphatic rings. The van der Waals surface area contributed by atoms with E-state index in [1.54, 1.807) is 20.8 Å². The van der Waals surface area contributed by atoms with E-state index in [2.05, 4.69) is 16.0 Å². The van der Waals surface area contributed by atoms with Crippen LogP contribution < -0.4 is 16.0 Å². The van der Waals surface area contributed by atoms with Crippen LogP contribution in [0.1, 0.15) is 46.1 Å². The lowest BCUT2D eigenvalue weighted by Gasteiger charge is -2.38. The summed E-state index contributed by atoms with van der Waals surface area (Å²) in [5, 5.41) is 18.9. The van der Waals surface area contributed by atoms with Crippen LogP contribution in [0.3, 0.4) is 0 Å². The normalized spacial score (nSPS) is 17.7. The van der Waals surface area contributed by atoms with Crippen molar-refractivity contribution in [3.63, 3.8) is 0 Å². The molecule has 1 saturated heterocycles. The first-order chi connectivity index (χ1) is 15.3. The lowest BCUT2D eigenvalue weighted by atomic mass is 9.87. The minimum Gasteiger partial charge on any atom is -0.390 e. The van der Waals surface area contributed by atoms with E-state index in [1.807, 2.05) is 0 Å². The fourth-order valence-corrected chi connectivity index (χ4v) is 3.58. The Morgan fingerprint density at radius 3 is 2.21 bits per heavy atom. The fourth-order valence-electron chi connectivity index (χ4n) is 3.58. The topological polar surface area (TPSA) is 117 Å². The Morgan fingerprint density at radius 1 is 1.12 bits per heavy atom. The van der Waals surface area contributed by atoms with Gasteiger partial charge in [-0.15, -0.1) is 0 Å². The summed E-state index contributed by atoms with van der Waals surface area (Å²) in [4.78, 5) is 37.0. The summed E-state index contributed by atoms with van der Waals surface area (Å²) < 4.78 is 32.5. The van der Waals surface area contributed by atoms with Crippen molar-refractivity contribution < 1.29 is 33.0 Å². The molecule has 2 atom stereocenters. The Bertz CT molecular complexity index is 846. The van der Waals surface area contributed by atoms with E-state index in [9.17, 15) is 28.3 Å². The zero-order valence-corrected chi connectivity index (χ0v) is 19.5. The summed E-state index contributed by atoms with van der Waals surface area (Å²) in [6, 6.07) is 2.13. The number of aliphatic hydroxyl groups is 1. The van der Waals surface area contributed by atoms with Crippen molar-refractivity contribution >= 4 is 17.7 Å². The van der Waals surface area contributed by atoms with Crippen LogP contribution in [-0.4, -0.2) is 60.3 Å². The monoisotopic (exact) mass is 469 g/mol. The molecule has 0 aliphatic carbocycles. The number of ether oxygens (including phenoxy) is 1. The third-order valence-electron chi connectivity index (χ3n) is 5.57. The number of rotatable bonds is 8. The number of imide groups is 1. The number of hydrogen-bond donors (Lipinski definition) is 4. The Kier molecular flexibility index (Phi) is 9.04. The van der Waals surface area contributed by atoms with Gasteiger partial charge in [0.25, 0.3) is 0 Å². The lowest BCUT2D eigenvalue weighted by molar-refractivity contribution is -0.141. The van der Waals surface area contributed by atoms with Gasteiger partial charge in [-0.1, -0.05) is 20.8 Å². The van der Waals surface area contributed by atoms with Crippen LogP contribution in [0.2, 0.25) is 0 Å². The van der Waals surface area contributed by atoms with Crippen molar-refractivity contribution in [2.75, 3.05) is 19.8 Å². The second kappa shape index (κ2) is 11.1. The van der Waals surface area contributed by atoms with Gasteiger partial charge in [0, 0.05) is 38.2 Å². The van der Waals surface area contributed by atoms with Crippen molar-refractivity contribution in [2.24, 2.45) is 5.41 Å². The first-order valence-corrected chi connectivity index (χ1v) is 10.9. The molecule has 1 aliphatic heterocycles. The average Bonchev–Trinajstić information content (AvgIpc) is 2.70. The predicted molar refractivity (Wildman–Crippen MR) is 117 cm³/mol. The van der Waals surface area contributed by atoms with E-state index in [0.29, 0.717) is 0 Å². The Morgan fingerprint density at radius 2 is 1.70 bits per heavy atom. The standard InChI is InChI=1S/C23H33F2N3O5/c1-14(29)27-18(11-15-9-16(24)12-17(25)10-15)19(30)13-26-23(5-7-33-8-6-23)21(32)28-20(31)22(2,3)4/h9-10,12,18-19,26,30H,5-8,11,13H2,1-4H3,(H,27,29)(H,28,31,32)/t18-,19+/m0/s1. The molecule has 3 amide bonds. The highest BCUT2D eigenvalue weighted by molar-refractivity contribution is 6.01.